The minimum Gasteiger partial charge on any atom is -0.756 e. The summed E-state index contributed by atoms with van der Waals surface area (Å²) in [5, 5.41) is 0. The van der Waals surface area contributed by atoms with Gasteiger partial charge >= 0.3 is 11.9 Å². The van der Waals surface area contributed by atoms with Crippen molar-refractivity contribution < 1.29 is 42.1 Å². The van der Waals surface area contributed by atoms with Gasteiger partial charge in [0.25, 0.3) is 7.82 Å². The molecular formula is C42H80NO8P. The maximum absolute atomic E-state index is 12.6. The molecular weight excluding hydrogens is 677 g/mol. The highest BCUT2D eigenvalue weighted by molar-refractivity contribution is 7.45. The Balaban J connectivity index is 4.40. The van der Waals surface area contributed by atoms with Crippen LogP contribution in [-0.2, 0) is 32.7 Å². The third-order valence-electron chi connectivity index (χ3n) is 8.94. The predicted molar refractivity (Wildman–Crippen MR) is 213 cm³/mol. The topological polar surface area (TPSA) is 111 Å². The van der Waals surface area contributed by atoms with E-state index in [1.54, 1.807) is 0 Å². The molecule has 0 radical (unpaired) electrons. The molecule has 0 spiro atoms. The molecule has 1 unspecified atom stereocenters. The van der Waals surface area contributed by atoms with Crippen LogP contribution in [0.5, 0.6) is 0 Å². The fourth-order valence-electron chi connectivity index (χ4n) is 5.58. The van der Waals surface area contributed by atoms with E-state index < -0.39 is 32.5 Å². The third kappa shape index (κ3) is 38.2. The molecule has 0 aliphatic rings. The average Bonchev–Trinajstić information content (AvgIpc) is 3.09. The van der Waals surface area contributed by atoms with E-state index in [1.165, 1.54) is 77.0 Å². The van der Waals surface area contributed by atoms with Crippen molar-refractivity contribution in [2.45, 2.75) is 187 Å². The van der Waals surface area contributed by atoms with Crippen molar-refractivity contribution >= 4 is 19.8 Å². The summed E-state index contributed by atoms with van der Waals surface area (Å²) in [6.07, 6.45) is 36.3. The fourth-order valence-corrected chi connectivity index (χ4v) is 6.31. The second kappa shape index (κ2) is 35.2. The van der Waals surface area contributed by atoms with Crippen LogP contribution in [0.1, 0.15) is 181 Å². The minimum atomic E-state index is -4.62. The number of unbranched alkanes of at least 4 members (excludes halogenated alkanes) is 20. The Kier molecular flexibility index (Phi) is 34.2. The summed E-state index contributed by atoms with van der Waals surface area (Å²) in [6, 6.07) is 0. The lowest BCUT2D eigenvalue weighted by Gasteiger charge is -2.28. The molecule has 0 bridgehead atoms. The Labute approximate surface area is 319 Å². The summed E-state index contributed by atoms with van der Waals surface area (Å²) in [6.45, 7) is 4.18. The second-order valence-corrected chi connectivity index (χ2v) is 16.8. The lowest BCUT2D eigenvalue weighted by molar-refractivity contribution is -0.870. The normalized spacial score (nSPS) is 13.9. The number of quaternary nitrogens is 1. The molecule has 2 atom stereocenters. The number of phosphoric ester groups is 1. The lowest BCUT2D eigenvalue weighted by atomic mass is 10.1. The SMILES string of the molecule is CCCCCC/C=C/CCCCCCCC(=O)O[C@H](COC(=O)CCCCCCC/C=C/CCCCCCCC)COP(=O)([O-])OCC[N+](C)(C)C. The van der Waals surface area contributed by atoms with Crippen molar-refractivity contribution in [3.63, 3.8) is 0 Å². The first kappa shape index (κ1) is 50.5. The molecule has 0 amide bonds. The van der Waals surface area contributed by atoms with Crippen molar-refractivity contribution in [1.29, 1.82) is 0 Å². The first-order chi connectivity index (χ1) is 25.0. The van der Waals surface area contributed by atoms with E-state index in [4.69, 9.17) is 18.5 Å². The molecule has 0 fully saturated rings. The van der Waals surface area contributed by atoms with Gasteiger partial charge in [-0.05, 0) is 64.2 Å². The van der Waals surface area contributed by atoms with Crippen LogP contribution in [0.4, 0.5) is 0 Å². The number of rotatable bonds is 38. The quantitative estimate of drug-likeness (QED) is 0.0201. The molecule has 0 aromatic heterocycles. The summed E-state index contributed by atoms with van der Waals surface area (Å²) in [7, 11) is 1.16. The molecule has 0 aliphatic carbocycles. The van der Waals surface area contributed by atoms with E-state index in [1.807, 2.05) is 21.1 Å². The Morgan fingerprint density at radius 3 is 1.44 bits per heavy atom. The van der Waals surface area contributed by atoms with Gasteiger partial charge in [-0.15, -0.1) is 0 Å². The van der Waals surface area contributed by atoms with Crippen LogP contribution in [0.25, 0.3) is 0 Å². The van der Waals surface area contributed by atoms with Crippen molar-refractivity contribution in [3.05, 3.63) is 24.3 Å². The highest BCUT2D eigenvalue weighted by Gasteiger charge is 2.21. The second-order valence-electron chi connectivity index (χ2n) is 15.3. The van der Waals surface area contributed by atoms with E-state index in [2.05, 4.69) is 38.2 Å². The number of allylic oxidation sites excluding steroid dienone is 4. The van der Waals surface area contributed by atoms with Crippen LogP contribution in [0.15, 0.2) is 24.3 Å². The van der Waals surface area contributed by atoms with Gasteiger partial charge in [0, 0.05) is 12.8 Å². The maximum atomic E-state index is 12.6. The Hall–Kier alpha value is -1.51. The molecule has 9 nitrogen and oxygen atoms in total. The number of nitrogens with zero attached hydrogens (tertiary/aromatic N) is 1. The van der Waals surface area contributed by atoms with Crippen molar-refractivity contribution in [2.75, 3.05) is 47.5 Å². The van der Waals surface area contributed by atoms with Gasteiger partial charge in [0.05, 0.1) is 27.7 Å². The first-order valence-corrected chi connectivity index (χ1v) is 22.5. The molecule has 306 valence electrons. The molecule has 0 N–H and O–H groups in total. The highest BCUT2D eigenvalue weighted by Crippen LogP contribution is 2.38. The standard InChI is InChI=1S/C42H80NO8P/c1-6-8-10-12-14-16-18-20-21-23-24-26-28-30-32-34-41(44)48-38-40(39-50-52(46,47)49-37-36-43(3,4)5)51-42(45)35-33-31-29-27-25-22-19-17-15-13-11-9-7-2/h17,19-21,40H,6-16,18,22-39H2,1-5H3/b19-17+,21-20+/t40-/m1/s1. The number of likely N-dealkylation sites (N-methyl/N-ethyl adjacent to an activating group) is 1. The summed E-state index contributed by atoms with van der Waals surface area (Å²) < 4.78 is 33.8. The van der Waals surface area contributed by atoms with Crippen LogP contribution in [0.2, 0.25) is 0 Å². The van der Waals surface area contributed by atoms with Crippen molar-refractivity contribution in [3.8, 4) is 0 Å². The number of hydrogen-bond acceptors (Lipinski definition) is 8. The van der Waals surface area contributed by atoms with E-state index in [9.17, 15) is 19.0 Å². The van der Waals surface area contributed by atoms with Gasteiger partial charge in [0.2, 0.25) is 0 Å². The summed E-state index contributed by atoms with van der Waals surface area (Å²) in [4.78, 5) is 37.4. The van der Waals surface area contributed by atoms with Gasteiger partial charge in [0.1, 0.15) is 19.8 Å². The number of carbonyl (C=O) groups excluding carboxylic acids is 2. The molecule has 10 heteroatoms. The Bertz CT molecular complexity index is 949. The van der Waals surface area contributed by atoms with Gasteiger partial charge in [-0.1, -0.05) is 128 Å². The number of phosphoric acid groups is 1. The predicted octanol–water partition coefficient (Wildman–Crippen LogP) is 10.9. The average molecular weight is 758 g/mol. The molecule has 0 aromatic carbocycles. The van der Waals surface area contributed by atoms with Crippen molar-refractivity contribution in [2.24, 2.45) is 0 Å². The summed E-state index contributed by atoms with van der Waals surface area (Å²) >= 11 is 0. The smallest absolute Gasteiger partial charge is 0.306 e. The van der Waals surface area contributed by atoms with Gasteiger partial charge < -0.3 is 27.9 Å². The zero-order valence-electron chi connectivity index (χ0n) is 34.3. The highest BCUT2D eigenvalue weighted by atomic mass is 31.2. The largest absolute Gasteiger partial charge is 0.756 e. The first-order valence-electron chi connectivity index (χ1n) is 21.0. The number of ether oxygens (including phenoxy) is 2. The Morgan fingerprint density at radius 1 is 0.577 bits per heavy atom. The van der Waals surface area contributed by atoms with Crippen LogP contribution in [0, 0.1) is 0 Å². The number of carbonyl (C=O) groups is 2. The lowest BCUT2D eigenvalue weighted by Crippen LogP contribution is -2.37. The Morgan fingerprint density at radius 2 is 0.981 bits per heavy atom. The molecule has 0 aliphatic heterocycles. The monoisotopic (exact) mass is 758 g/mol. The molecule has 0 saturated heterocycles. The number of esters is 2. The third-order valence-corrected chi connectivity index (χ3v) is 9.91. The zero-order chi connectivity index (χ0) is 38.6. The van der Waals surface area contributed by atoms with Crippen LogP contribution in [-0.4, -0.2) is 70.0 Å². The van der Waals surface area contributed by atoms with E-state index in [0.29, 0.717) is 17.4 Å². The minimum absolute atomic E-state index is 0.0327. The van der Waals surface area contributed by atoms with E-state index in [-0.39, 0.29) is 26.1 Å². The molecule has 0 heterocycles. The van der Waals surface area contributed by atoms with Gasteiger partial charge in [-0.2, -0.15) is 0 Å². The van der Waals surface area contributed by atoms with Crippen LogP contribution < -0.4 is 4.89 Å². The molecule has 0 aromatic rings. The van der Waals surface area contributed by atoms with E-state index in [0.717, 1.165) is 70.6 Å². The van der Waals surface area contributed by atoms with Gasteiger partial charge in [-0.3, -0.25) is 14.2 Å². The van der Waals surface area contributed by atoms with Crippen molar-refractivity contribution in [1.82, 2.24) is 0 Å². The van der Waals surface area contributed by atoms with E-state index >= 15 is 0 Å². The van der Waals surface area contributed by atoms with Crippen LogP contribution >= 0.6 is 7.82 Å². The van der Waals surface area contributed by atoms with Gasteiger partial charge in [0.15, 0.2) is 6.10 Å². The summed E-state index contributed by atoms with van der Waals surface area (Å²) in [5.74, 6) is -0.853. The summed E-state index contributed by atoms with van der Waals surface area (Å²) in [5.41, 5.74) is 0. The molecule has 52 heavy (non-hydrogen) atoms. The zero-order valence-corrected chi connectivity index (χ0v) is 35.2. The molecule has 0 rings (SSSR count). The fraction of sp³-hybridized carbons (Fsp3) is 0.857. The molecule has 0 saturated carbocycles. The maximum Gasteiger partial charge on any atom is 0.306 e. The van der Waals surface area contributed by atoms with Gasteiger partial charge in [-0.25, -0.2) is 0 Å². The van der Waals surface area contributed by atoms with Crippen LogP contribution in [0.3, 0.4) is 0 Å². The number of hydrogen-bond donors (Lipinski definition) is 0.